The molecule has 0 saturated carbocycles. The summed E-state index contributed by atoms with van der Waals surface area (Å²) in [6, 6.07) is 14.8. The van der Waals surface area contributed by atoms with Gasteiger partial charge in [0.05, 0.1) is 5.41 Å². The van der Waals surface area contributed by atoms with Gasteiger partial charge in [-0.25, -0.2) is 0 Å². The van der Waals surface area contributed by atoms with Crippen molar-refractivity contribution >= 4 is 5.97 Å². The van der Waals surface area contributed by atoms with E-state index >= 15 is 0 Å². The third-order valence-corrected chi connectivity index (χ3v) is 4.96. The lowest BCUT2D eigenvalue weighted by Gasteiger charge is -2.33. The van der Waals surface area contributed by atoms with E-state index in [0.29, 0.717) is 32.5 Å². The number of hydrogen-bond donors (Lipinski definition) is 1. The van der Waals surface area contributed by atoms with Gasteiger partial charge in [-0.2, -0.15) is 0 Å². The zero-order valence-corrected chi connectivity index (χ0v) is 14.3. The lowest BCUT2D eigenvalue weighted by atomic mass is 9.75. The average molecular weight is 324 g/mol. The van der Waals surface area contributed by atoms with Crippen LogP contribution >= 0.6 is 0 Å². The standard InChI is InChI=1S/C21H24O3/c1-15-11-16(2)13-19(12-15)18-5-3-17(4-6-18)14-21(20(22)23)7-9-24-10-8-21/h3-6,11-13H,7-10,14H2,1-2H3,(H,22,23). The number of carboxylic acids is 1. The molecule has 2 aromatic carbocycles. The van der Waals surface area contributed by atoms with E-state index in [9.17, 15) is 9.90 Å². The minimum absolute atomic E-state index is 0.535. The quantitative estimate of drug-likeness (QED) is 0.907. The third kappa shape index (κ3) is 3.51. The zero-order chi connectivity index (χ0) is 17.2. The topological polar surface area (TPSA) is 46.5 Å². The minimum atomic E-state index is -0.704. The molecule has 24 heavy (non-hydrogen) atoms. The van der Waals surface area contributed by atoms with E-state index in [2.05, 4.69) is 56.3 Å². The molecule has 2 aromatic rings. The molecule has 126 valence electrons. The summed E-state index contributed by atoms with van der Waals surface area (Å²) < 4.78 is 5.35. The Kier molecular flexibility index (Phi) is 4.72. The molecule has 1 saturated heterocycles. The van der Waals surface area contributed by atoms with E-state index in [4.69, 9.17) is 4.74 Å². The van der Waals surface area contributed by atoms with Crippen LogP contribution in [0.2, 0.25) is 0 Å². The number of ether oxygens (including phenoxy) is 1. The summed E-state index contributed by atoms with van der Waals surface area (Å²) in [4.78, 5) is 11.8. The third-order valence-electron chi connectivity index (χ3n) is 4.96. The molecule has 0 unspecified atom stereocenters. The molecule has 0 atom stereocenters. The van der Waals surface area contributed by atoms with Crippen molar-refractivity contribution in [1.82, 2.24) is 0 Å². The van der Waals surface area contributed by atoms with Gasteiger partial charge in [0.15, 0.2) is 0 Å². The van der Waals surface area contributed by atoms with Crippen LogP contribution in [0.15, 0.2) is 42.5 Å². The molecule has 0 radical (unpaired) electrons. The highest BCUT2D eigenvalue weighted by Gasteiger charge is 2.40. The van der Waals surface area contributed by atoms with Crippen LogP contribution in [-0.4, -0.2) is 24.3 Å². The molecule has 1 aliphatic heterocycles. The summed E-state index contributed by atoms with van der Waals surface area (Å²) in [5.41, 5.74) is 5.27. The van der Waals surface area contributed by atoms with Crippen molar-refractivity contribution in [1.29, 1.82) is 0 Å². The number of aryl methyl sites for hydroxylation is 2. The summed E-state index contributed by atoms with van der Waals surface area (Å²) in [5, 5.41) is 9.69. The van der Waals surface area contributed by atoms with Crippen molar-refractivity contribution in [3.63, 3.8) is 0 Å². The first-order valence-electron chi connectivity index (χ1n) is 8.47. The van der Waals surface area contributed by atoms with Gasteiger partial charge in [0.2, 0.25) is 0 Å². The second-order valence-corrected chi connectivity index (χ2v) is 6.95. The molecule has 3 rings (SSSR count). The largest absolute Gasteiger partial charge is 0.481 e. The summed E-state index contributed by atoms with van der Waals surface area (Å²) in [6.45, 7) is 5.28. The first-order valence-corrected chi connectivity index (χ1v) is 8.47. The van der Waals surface area contributed by atoms with Crippen molar-refractivity contribution in [2.45, 2.75) is 33.1 Å². The smallest absolute Gasteiger partial charge is 0.310 e. The van der Waals surface area contributed by atoms with Gasteiger partial charge in [-0.05, 0) is 49.8 Å². The van der Waals surface area contributed by atoms with Crippen molar-refractivity contribution in [2.24, 2.45) is 5.41 Å². The van der Waals surface area contributed by atoms with Crippen LogP contribution in [0.5, 0.6) is 0 Å². The maximum atomic E-state index is 11.8. The maximum Gasteiger partial charge on any atom is 0.310 e. The molecular formula is C21H24O3. The highest BCUT2D eigenvalue weighted by Crippen LogP contribution is 2.35. The Morgan fingerprint density at radius 2 is 1.58 bits per heavy atom. The van der Waals surface area contributed by atoms with Crippen LogP contribution in [0.3, 0.4) is 0 Å². The van der Waals surface area contributed by atoms with Crippen LogP contribution in [0, 0.1) is 19.3 Å². The van der Waals surface area contributed by atoms with Crippen LogP contribution in [0.25, 0.3) is 11.1 Å². The van der Waals surface area contributed by atoms with Crippen molar-refractivity contribution in [3.8, 4) is 11.1 Å². The molecule has 0 aromatic heterocycles. The predicted octanol–water partition coefficient (Wildman–Crippen LogP) is 4.39. The highest BCUT2D eigenvalue weighted by molar-refractivity contribution is 5.75. The Morgan fingerprint density at radius 3 is 2.12 bits per heavy atom. The van der Waals surface area contributed by atoms with Crippen LogP contribution in [-0.2, 0) is 16.0 Å². The summed E-state index contributed by atoms with van der Waals surface area (Å²) in [5.74, 6) is -0.704. The number of hydrogen-bond acceptors (Lipinski definition) is 2. The number of aliphatic carboxylic acids is 1. The fourth-order valence-corrected chi connectivity index (χ4v) is 3.58. The first kappa shape index (κ1) is 16.7. The van der Waals surface area contributed by atoms with Crippen molar-refractivity contribution in [3.05, 3.63) is 59.2 Å². The Bertz CT molecular complexity index is 705. The Hall–Kier alpha value is -2.13. The predicted molar refractivity (Wildman–Crippen MR) is 95.2 cm³/mol. The fraction of sp³-hybridized carbons (Fsp3) is 0.381. The van der Waals surface area contributed by atoms with E-state index in [0.717, 1.165) is 5.56 Å². The second kappa shape index (κ2) is 6.78. The highest BCUT2D eigenvalue weighted by atomic mass is 16.5. The molecule has 1 fully saturated rings. The van der Waals surface area contributed by atoms with E-state index in [-0.39, 0.29) is 0 Å². The van der Waals surface area contributed by atoms with Gasteiger partial charge in [0, 0.05) is 13.2 Å². The molecule has 0 amide bonds. The average Bonchev–Trinajstić information content (AvgIpc) is 2.55. The van der Waals surface area contributed by atoms with Gasteiger partial charge in [0.1, 0.15) is 0 Å². The summed E-state index contributed by atoms with van der Waals surface area (Å²) in [6.07, 6.45) is 1.74. The summed E-state index contributed by atoms with van der Waals surface area (Å²) >= 11 is 0. The monoisotopic (exact) mass is 324 g/mol. The van der Waals surface area contributed by atoms with Crippen LogP contribution in [0.1, 0.15) is 29.5 Å². The normalized spacial score (nSPS) is 16.8. The Balaban J connectivity index is 1.82. The SMILES string of the molecule is Cc1cc(C)cc(-c2ccc(CC3(C(=O)O)CCOCC3)cc2)c1. The molecule has 1 N–H and O–H groups in total. The number of rotatable bonds is 4. The first-order chi connectivity index (χ1) is 11.5. The van der Waals surface area contributed by atoms with Crippen molar-refractivity contribution in [2.75, 3.05) is 13.2 Å². The zero-order valence-electron chi connectivity index (χ0n) is 14.3. The molecule has 1 heterocycles. The Morgan fingerprint density at radius 1 is 1.00 bits per heavy atom. The van der Waals surface area contributed by atoms with Gasteiger partial charge < -0.3 is 9.84 Å². The lowest BCUT2D eigenvalue weighted by Crippen LogP contribution is -2.39. The van der Waals surface area contributed by atoms with E-state index in [1.165, 1.54) is 22.3 Å². The van der Waals surface area contributed by atoms with Gasteiger partial charge in [-0.15, -0.1) is 0 Å². The van der Waals surface area contributed by atoms with E-state index < -0.39 is 11.4 Å². The van der Waals surface area contributed by atoms with Gasteiger partial charge in [0.25, 0.3) is 0 Å². The lowest BCUT2D eigenvalue weighted by molar-refractivity contribution is -0.154. The minimum Gasteiger partial charge on any atom is -0.481 e. The molecule has 0 bridgehead atoms. The molecule has 0 aliphatic carbocycles. The van der Waals surface area contributed by atoms with Gasteiger partial charge >= 0.3 is 5.97 Å². The molecule has 3 heteroatoms. The van der Waals surface area contributed by atoms with E-state index in [1.54, 1.807) is 0 Å². The van der Waals surface area contributed by atoms with Crippen molar-refractivity contribution < 1.29 is 14.6 Å². The molecular weight excluding hydrogens is 300 g/mol. The summed E-state index contributed by atoms with van der Waals surface area (Å²) in [7, 11) is 0. The van der Waals surface area contributed by atoms with Gasteiger partial charge in [-0.1, -0.05) is 53.6 Å². The number of carboxylic acid groups (broad SMARTS) is 1. The van der Waals surface area contributed by atoms with Crippen LogP contribution in [0.4, 0.5) is 0 Å². The molecule has 3 nitrogen and oxygen atoms in total. The van der Waals surface area contributed by atoms with E-state index in [1.807, 2.05) is 0 Å². The molecule has 1 aliphatic rings. The Labute approximate surface area is 143 Å². The number of carbonyl (C=O) groups is 1. The van der Waals surface area contributed by atoms with Crippen LogP contribution < -0.4 is 0 Å². The van der Waals surface area contributed by atoms with Gasteiger partial charge in [-0.3, -0.25) is 4.79 Å². The fourth-order valence-electron chi connectivity index (χ4n) is 3.58. The number of benzene rings is 2. The maximum absolute atomic E-state index is 11.8. The second-order valence-electron chi connectivity index (χ2n) is 6.95. The molecule has 0 spiro atoms.